The first-order valence-electron chi connectivity index (χ1n) is 13.4. The number of hydrogen-bond acceptors (Lipinski definition) is 7. The van der Waals surface area contributed by atoms with Crippen LogP contribution in [0.1, 0.15) is 92.6 Å². The molecule has 3 heterocycles. The molecule has 2 aromatic heterocycles. The zero-order valence-corrected chi connectivity index (χ0v) is 24.7. The standard InChI is InChI=1S/C27H36F5N5O3S/c1-7-18(27(30,31)32)34-19-12-16(22(28)29)17(13-33-19)21-20(24(38)37-11-9-8-10-14(37)2)35-23(41-21)25(39)36(6)15(3)26(4,5)40/h12-15,18,22,40H,7-11H2,1-6H3,(H,33,34)/t14-,15?,18-/m0/s1. The Morgan fingerprint density at radius 1 is 1.27 bits per heavy atom. The maximum Gasteiger partial charge on any atom is 0.408 e. The van der Waals surface area contributed by atoms with Gasteiger partial charge in [-0.05, 0) is 59.4 Å². The number of rotatable bonds is 9. The van der Waals surface area contributed by atoms with Gasteiger partial charge in [0.05, 0.1) is 16.5 Å². The Balaban J connectivity index is 2.14. The van der Waals surface area contributed by atoms with Gasteiger partial charge in [-0.1, -0.05) is 6.92 Å². The lowest BCUT2D eigenvalue weighted by Gasteiger charge is -2.33. The van der Waals surface area contributed by atoms with Gasteiger partial charge in [0.2, 0.25) is 0 Å². The summed E-state index contributed by atoms with van der Waals surface area (Å²) in [5, 5.41) is 12.4. The van der Waals surface area contributed by atoms with Crippen LogP contribution in [0.2, 0.25) is 0 Å². The second-order valence-corrected chi connectivity index (χ2v) is 11.9. The van der Waals surface area contributed by atoms with E-state index >= 15 is 0 Å². The number of nitrogens with zero attached hydrogens (tertiary/aromatic N) is 4. The number of carbonyl (C=O) groups is 2. The average Bonchev–Trinajstić information content (AvgIpc) is 3.34. The normalized spacial score (nSPS) is 17.9. The molecule has 228 valence electrons. The number of aromatic nitrogens is 2. The number of amides is 2. The molecule has 3 atom stereocenters. The first kappa shape index (κ1) is 32.6. The Hall–Kier alpha value is -2.87. The Bertz CT molecular complexity index is 1250. The molecule has 0 aromatic carbocycles. The van der Waals surface area contributed by atoms with Gasteiger partial charge in [-0.3, -0.25) is 9.59 Å². The van der Waals surface area contributed by atoms with Crippen LogP contribution in [-0.2, 0) is 0 Å². The van der Waals surface area contributed by atoms with Crippen molar-refractivity contribution in [3.8, 4) is 10.4 Å². The predicted octanol–water partition coefficient (Wildman–Crippen LogP) is 6.14. The first-order chi connectivity index (χ1) is 19.0. The molecule has 0 saturated carbocycles. The molecule has 0 aliphatic carbocycles. The number of likely N-dealkylation sites (N-methyl/N-ethyl adjacent to an activating group) is 1. The molecule has 1 aliphatic rings. The average molecular weight is 606 g/mol. The predicted molar refractivity (Wildman–Crippen MR) is 146 cm³/mol. The van der Waals surface area contributed by atoms with E-state index in [0.717, 1.165) is 42.9 Å². The zero-order valence-electron chi connectivity index (χ0n) is 23.9. The lowest BCUT2D eigenvalue weighted by atomic mass is 9.99. The Kier molecular flexibility index (Phi) is 10.00. The van der Waals surface area contributed by atoms with Gasteiger partial charge in [0.15, 0.2) is 5.01 Å². The van der Waals surface area contributed by atoms with Gasteiger partial charge in [0, 0.05) is 37.0 Å². The highest BCUT2D eigenvalue weighted by atomic mass is 32.1. The molecule has 41 heavy (non-hydrogen) atoms. The monoisotopic (exact) mass is 605 g/mol. The van der Waals surface area contributed by atoms with Crippen LogP contribution >= 0.6 is 11.3 Å². The van der Waals surface area contributed by atoms with Crippen molar-refractivity contribution in [2.45, 2.75) is 96.6 Å². The third-order valence-electron chi connectivity index (χ3n) is 7.54. The van der Waals surface area contributed by atoms with E-state index in [2.05, 4.69) is 15.3 Å². The molecule has 0 radical (unpaired) electrons. The molecule has 0 spiro atoms. The second kappa shape index (κ2) is 12.6. The van der Waals surface area contributed by atoms with Gasteiger partial charge >= 0.3 is 6.18 Å². The minimum atomic E-state index is -4.62. The third kappa shape index (κ3) is 7.32. The summed E-state index contributed by atoms with van der Waals surface area (Å²) < 4.78 is 68.6. The largest absolute Gasteiger partial charge is 0.408 e. The fourth-order valence-corrected chi connectivity index (χ4v) is 5.66. The highest BCUT2D eigenvalue weighted by Crippen LogP contribution is 2.39. The molecule has 1 saturated heterocycles. The number of hydrogen-bond donors (Lipinski definition) is 2. The van der Waals surface area contributed by atoms with Gasteiger partial charge in [0.25, 0.3) is 18.2 Å². The van der Waals surface area contributed by atoms with Gasteiger partial charge in [-0.25, -0.2) is 18.7 Å². The van der Waals surface area contributed by atoms with E-state index in [1.807, 2.05) is 6.92 Å². The summed E-state index contributed by atoms with van der Waals surface area (Å²) in [4.78, 5) is 38.2. The number of likely N-dealkylation sites (tertiary alicyclic amines) is 1. The zero-order chi connectivity index (χ0) is 30.9. The van der Waals surface area contributed by atoms with Crippen molar-refractivity contribution in [3.63, 3.8) is 0 Å². The number of carbonyl (C=O) groups excluding carboxylic acids is 2. The number of nitrogens with one attached hydrogen (secondary N) is 1. The molecule has 1 aliphatic heterocycles. The molecule has 1 fully saturated rings. The van der Waals surface area contributed by atoms with Crippen molar-refractivity contribution in [1.82, 2.24) is 19.8 Å². The molecular formula is C27H36F5N5O3S. The van der Waals surface area contributed by atoms with Crippen LogP contribution in [0, 0.1) is 0 Å². The molecule has 14 heteroatoms. The van der Waals surface area contributed by atoms with Crippen LogP contribution < -0.4 is 5.32 Å². The third-order valence-corrected chi connectivity index (χ3v) is 8.62. The molecule has 3 rings (SSSR count). The van der Waals surface area contributed by atoms with Gasteiger partial charge in [-0.15, -0.1) is 11.3 Å². The summed E-state index contributed by atoms with van der Waals surface area (Å²) in [6.07, 6.45) is -4.71. The van der Waals surface area contributed by atoms with E-state index in [1.54, 1.807) is 11.8 Å². The number of anilines is 1. The van der Waals surface area contributed by atoms with Crippen molar-refractivity contribution < 1.29 is 36.6 Å². The number of alkyl halides is 5. The van der Waals surface area contributed by atoms with Crippen LogP contribution in [0.15, 0.2) is 12.3 Å². The van der Waals surface area contributed by atoms with Crippen LogP contribution in [0.3, 0.4) is 0 Å². The fraction of sp³-hybridized carbons (Fsp3) is 0.630. The van der Waals surface area contributed by atoms with Crippen molar-refractivity contribution in [3.05, 3.63) is 28.5 Å². The number of pyridine rings is 1. The number of aliphatic hydroxyl groups is 1. The van der Waals surface area contributed by atoms with E-state index in [-0.39, 0.29) is 33.6 Å². The Morgan fingerprint density at radius 2 is 1.93 bits per heavy atom. The van der Waals surface area contributed by atoms with Gasteiger partial charge in [-0.2, -0.15) is 13.2 Å². The highest BCUT2D eigenvalue weighted by Gasteiger charge is 2.39. The minimum absolute atomic E-state index is 0.0300. The topological polar surface area (TPSA) is 98.7 Å². The highest BCUT2D eigenvalue weighted by molar-refractivity contribution is 7.17. The Morgan fingerprint density at radius 3 is 2.46 bits per heavy atom. The molecule has 8 nitrogen and oxygen atoms in total. The lowest BCUT2D eigenvalue weighted by Crippen LogP contribution is -2.48. The van der Waals surface area contributed by atoms with E-state index in [0.29, 0.717) is 6.54 Å². The Labute approximate surface area is 240 Å². The smallest absolute Gasteiger partial charge is 0.388 e. The van der Waals surface area contributed by atoms with Crippen molar-refractivity contribution >= 4 is 29.0 Å². The molecule has 2 amide bonds. The van der Waals surface area contributed by atoms with Gasteiger partial charge < -0.3 is 20.2 Å². The maximum absolute atomic E-state index is 14.3. The van der Waals surface area contributed by atoms with E-state index < -0.39 is 53.5 Å². The number of piperidine rings is 1. The van der Waals surface area contributed by atoms with Crippen LogP contribution in [0.5, 0.6) is 0 Å². The number of thiazole rings is 1. The molecular weight excluding hydrogens is 569 g/mol. The van der Waals surface area contributed by atoms with E-state index in [1.165, 1.54) is 32.7 Å². The molecule has 1 unspecified atom stereocenters. The molecule has 2 aromatic rings. The first-order valence-corrected chi connectivity index (χ1v) is 14.2. The van der Waals surface area contributed by atoms with Crippen molar-refractivity contribution in [2.75, 3.05) is 18.9 Å². The summed E-state index contributed by atoms with van der Waals surface area (Å²) >= 11 is 0.726. The van der Waals surface area contributed by atoms with E-state index in [4.69, 9.17) is 0 Å². The quantitative estimate of drug-likeness (QED) is 0.333. The molecule has 2 N–H and O–H groups in total. The van der Waals surface area contributed by atoms with Crippen molar-refractivity contribution in [1.29, 1.82) is 0 Å². The van der Waals surface area contributed by atoms with Crippen LogP contribution in [0.25, 0.3) is 10.4 Å². The summed E-state index contributed by atoms with van der Waals surface area (Å²) in [5.74, 6) is -1.56. The van der Waals surface area contributed by atoms with Crippen LogP contribution in [0.4, 0.5) is 27.8 Å². The summed E-state index contributed by atoms with van der Waals surface area (Å²) in [5.41, 5.74) is -2.33. The van der Waals surface area contributed by atoms with E-state index in [9.17, 15) is 36.6 Å². The number of halogens is 5. The van der Waals surface area contributed by atoms with Crippen molar-refractivity contribution in [2.24, 2.45) is 0 Å². The summed E-state index contributed by atoms with van der Waals surface area (Å²) in [6, 6.07) is -1.97. The maximum atomic E-state index is 14.3. The summed E-state index contributed by atoms with van der Waals surface area (Å²) in [7, 11) is 1.46. The van der Waals surface area contributed by atoms with Crippen LogP contribution in [-0.4, -0.2) is 80.2 Å². The SMILES string of the molecule is CC[C@H](Nc1cc(C(F)F)c(-c2sc(C(=O)N(C)C(C)C(C)(C)O)nc2C(=O)N2CCCC[C@@H]2C)cn1)C(F)(F)F. The lowest BCUT2D eigenvalue weighted by molar-refractivity contribution is -0.142. The second-order valence-electron chi connectivity index (χ2n) is 10.9. The summed E-state index contributed by atoms with van der Waals surface area (Å²) in [6.45, 7) is 8.28. The minimum Gasteiger partial charge on any atom is -0.388 e. The molecule has 0 bridgehead atoms. The fourth-order valence-electron chi connectivity index (χ4n) is 4.59. The van der Waals surface area contributed by atoms with Gasteiger partial charge in [0.1, 0.15) is 17.6 Å².